The van der Waals surface area contributed by atoms with E-state index < -0.39 is 0 Å². The van der Waals surface area contributed by atoms with E-state index in [1.807, 2.05) is 11.9 Å². The molecule has 0 aliphatic rings. The number of thiazole rings is 1. The second-order valence-electron chi connectivity index (χ2n) is 2.88. The van der Waals surface area contributed by atoms with E-state index in [4.69, 9.17) is 11.6 Å². The first-order chi connectivity index (χ1) is 7.22. The van der Waals surface area contributed by atoms with E-state index in [1.54, 1.807) is 29.2 Å². The van der Waals surface area contributed by atoms with E-state index in [0.717, 1.165) is 11.5 Å². The number of anilines is 1. The summed E-state index contributed by atoms with van der Waals surface area (Å²) in [6.45, 7) is 2.72. The molecule has 4 nitrogen and oxygen atoms in total. The number of aromatic nitrogens is 2. The van der Waals surface area contributed by atoms with Crippen LogP contribution in [0, 0.1) is 0 Å². The molecular weight excluding hydrogens is 234 g/mol. The molecule has 0 fully saturated rings. The van der Waals surface area contributed by atoms with Gasteiger partial charge in [0, 0.05) is 18.8 Å². The number of nitrogens with zero attached hydrogens (tertiary/aromatic N) is 3. The first-order valence-corrected chi connectivity index (χ1v) is 5.67. The van der Waals surface area contributed by atoms with Crippen LogP contribution in [0.3, 0.4) is 0 Å². The predicted molar refractivity (Wildman–Crippen MR) is 61.6 cm³/mol. The second kappa shape index (κ2) is 4.12. The van der Waals surface area contributed by atoms with Crippen molar-refractivity contribution in [3.05, 3.63) is 29.0 Å². The van der Waals surface area contributed by atoms with E-state index in [2.05, 4.69) is 4.98 Å². The molecule has 2 aromatic heterocycles. The molecule has 2 heterocycles. The van der Waals surface area contributed by atoms with Gasteiger partial charge in [-0.15, -0.1) is 0 Å². The third-order valence-electron chi connectivity index (χ3n) is 1.99. The Balaban J connectivity index is 2.36. The molecule has 0 radical (unpaired) electrons. The highest BCUT2D eigenvalue weighted by atomic mass is 35.5. The van der Waals surface area contributed by atoms with Gasteiger partial charge in [-0.05, 0) is 13.0 Å². The summed E-state index contributed by atoms with van der Waals surface area (Å²) in [6.07, 6.45) is 3.47. The molecule has 0 saturated carbocycles. The number of hydrogen-bond donors (Lipinski definition) is 1. The highest BCUT2D eigenvalue weighted by Crippen LogP contribution is 2.28. The second-order valence-corrected chi connectivity index (χ2v) is 4.47. The van der Waals surface area contributed by atoms with Gasteiger partial charge in [-0.25, -0.2) is 9.66 Å². The Hall–Kier alpha value is -1.20. The minimum Gasteiger partial charge on any atom is -0.493 e. The topological polar surface area (TPSA) is 41.3 Å². The van der Waals surface area contributed by atoms with E-state index in [1.165, 1.54) is 11.3 Å². The maximum absolute atomic E-state index is 9.59. The summed E-state index contributed by atoms with van der Waals surface area (Å²) >= 11 is 7.15. The minimum atomic E-state index is 0.196. The summed E-state index contributed by atoms with van der Waals surface area (Å²) in [5.74, 6) is 0.196. The van der Waals surface area contributed by atoms with Gasteiger partial charge in [0.15, 0.2) is 4.47 Å². The molecular formula is C9H10ClN3OS. The Labute approximate surface area is 96.3 Å². The van der Waals surface area contributed by atoms with Crippen molar-refractivity contribution in [2.45, 2.75) is 6.92 Å². The zero-order valence-corrected chi connectivity index (χ0v) is 9.66. The van der Waals surface area contributed by atoms with E-state index in [-0.39, 0.29) is 5.88 Å². The molecule has 0 atom stereocenters. The molecule has 0 unspecified atom stereocenters. The van der Waals surface area contributed by atoms with Crippen LogP contribution in [0.15, 0.2) is 24.5 Å². The molecule has 0 saturated heterocycles. The van der Waals surface area contributed by atoms with Crippen molar-refractivity contribution >= 4 is 27.9 Å². The number of hydrogen-bond acceptors (Lipinski definition) is 4. The number of rotatable bonds is 3. The highest BCUT2D eigenvalue weighted by Gasteiger charge is 2.11. The molecule has 2 rings (SSSR count). The molecule has 0 aliphatic carbocycles. The van der Waals surface area contributed by atoms with Crippen molar-refractivity contribution in [3.8, 4) is 5.88 Å². The van der Waals surface area contributed by atoms with Crippen molar-refractivity contribution in [1.29, 1.82) is 0 Å². The van der Waals surface area contributed by atoms with Crippen molar-refractivity contribution in [2.75, 3.05) is 11.6 Å². The summed E-state index contributed by atoms with van der Waals surface area (Å²) < 4.78 is 2.15. The fraction of sp³-hybridized carbons (Fsp3) is 0.222. The van der Waals surface area contributed by atoms with Crippen LogP contribution in [-0.2, 0) is 0 Å². The lowest BCUT2D eigenvalue weighted by atomic mass is 10.6. The van der Waals surface area contributed by atoms with Crippen molar-refractivity contribution < 1.29 is 5.11 Å². The molecule has 0 spiro atoms. The van der Waals surface area contributed by atoms with Crippen LogP contribution in [0.1, 0.15) is 6.92 Å². The smallest absolute Gasteiger partial charge is 0.210 e. The van der Waals surface area contributed by atoms with Gasteiger partial charge in [0.2, 0.25) is 5.88 Å². The van der Waals surface area contributed by atoms with Crippen LogP contribution in [0.5, 0.6) is 5.88 Å². The first-order valence-electron chi connectivity index (χ1n) is 4.48. The van der Waals surface area contributed by atoms with Crippen LogP contribution in [0.2, 0.25) is 4.47 Å². The largest absolute Gasteiger partial charge is 0.493 e. The molecule has 0 aromatic carbocycles. The summed E-state index contributed by atoms with van der Waals surface area (Å²) in [5, 5.41) is 12.4. The molecule has 6 heteroatoms. The highest BCUT2D eigenvalue weighted by molar-refractivity contribution is 7.19. The summed E-state index contributed by atoms with van der Waals surface area (Å²) in [6, 6.07) is 3.41. The van der Waals surface area contributed by atoms with Crippen molar-refractivity contribution in [2.24, 2.45) is 0 Å². The molecule has 2 aromatic rings. The van der Waals surface area contributed by atoms with Crippen molar-refractivity contribution in [1.82, 2.24) is 9.66 Å². The SMILES string of the molecule is CCN(c1cnc(Cl)s1)n1cccc1O. The average molecular weight is 244 g/mol. The molecule has 0 amide bonds. The van der Waals surface area contributed by atoms with Crippen LogP contribution >= 0.6 is 22.9 Å². The fourth-order valence-electron chi connectivity index (χ4n) is 1.35. The van der Waals surface area contributed by atoms with Gasteiger partial charge in [0.1, 0.15) is 5.00 Å². The average Bonchev–Trinajstić information content (AvgIpc) is 2.79. The van der Waals surface area contributed by atoms with Gasteiger partial charge in [-0.3, -0.25) is 5.01 Å². The lowest BCUT2D eigenvalue weighted by Gasteiger charge is -2.22. The van der Waals surface area contributed by atoms with E-state index in [9.17, 15) is 5.11 Å². The number of halogens is 1. The molecule has 80 valence electrons. The van der Waals surface area contributed by atoms with Gasteiger partial charge >= 0.3 is 0 Å². The standard InChI is InChI=1S/C9H10ClN3OS/c1-2-12(8-6-11-9(10)15-8)13-5-3-4-7(13)14/h3-6,14H,2H2,1H3. The van der Waals surface area contributed by atoms with E-state index >= 15 is 0 Å². The lowest BCUT2D eigenvalue weighted by molar-refractivity contribution is 0.420. The number of aromatic hydroxyl groups is 1. The monoisotopic (exact) mass is 243 g/mol. The molecule has 0 bridgehead atoms. The van der Waals surface area contributed by atoms with Crippen LogP contribution in [0.4, 0.5) is 5.00 Å². The Morgan fingerprint density at radius 3 is 2.93 bits per heavy atom. The molecule has 15 heavy (non-hydrogen) atoms. The lowest BCUT2D eigenvalue weighted by Crippen LogP contribution is -2.27. The van der Waals surface area contributed by atoms with Crippen molar-refractivity contribution in [3.63, 3.8) is 0 Å². The summed E-state index contributed by atoms with van der Waals surface area (Å²) in [7, 11) is 0. The van der Waals surface area contributed by atoms with Crippen LogP contribution < -0.4 is 5.01 Å². The van der Waals surface area contributed by atoms with Crippen LogP contribution in [-0.4, -0.2) is 21.3 Å². The van der Waals surface area contributed by atoms with Gasteiger partial charge in [-0.2, -0.15) is 0 Å². The Bertz CT molecular complexity index is 454. The third kappa shape index (κ3) is 1.93. The van der Waals surface area contributed by atoms with Gasteiger partial charge in [0.25, 0.3) is 0 Å². The fourth-order valence-corrected chi connectivity index (χ4v) is 2.34. The maximum atomic E-state index is 9.59. The Morgan fingerprint density at radius 1 is 1.67 bits per heavy atom. The molecule has 1 N–H and O–H groups in total. The van der Waals surface area contributed by atoms with Gasteiger partial charge in [-0.1, -0.05) is 22.9 Å². The first kappa shape index (κ1) is 10.3. The zero-order valence-electron chi connectivity index (χ0n) is 8.09. The molecule has 0 aliphatic heterocycles. The zero-order chi connectivity index (χ0) is 10.8. The summed E-state index contributed by atoms with van der Waals surface area (Å²) in [5.41, 5.74) is 0. The predicted octanol–water partition coefficient (Wildman–Crippen LogP) is 2.59. The quantitative estimate of drug-likeness (QED) is 0.901. The van der Waals surface area contributed by atoms with Gasteiger partial charge < -0.3 is 5.11 Å². The Morgan fingerprint density at radius 2 is 2.47 bits per heavy atom. The minimum absolute atomic E-state index is 0.196. The van der Waals surface area contributed by atoms with E-state index in [0.29, 0.717) is 4.47 Å². The Kier molecular flexibility index (Phi) is 2.83. The van der Waals surface area contributed by atoms with Gasteiger partial charge in [0.05, 0.1) is 6.20 Å². The normalized spacial score (nSPS) is 10.5. The van der Waals surface area contributed by atoms with Crippen LogP contribution in [0.25, 0.3) is 0 Å². The summed E-state index contributed by atoms with van der Waals surface area (Å²) in [4.78, 5) is 3.97. The third-order valence-corrected chi connectivity index (χ3v) is 3.11. The maximum Gasteiger partial charge on any atom is 0.210 e.